The third-order valence-electron chi connectivity index (χ3n) is 5.66. The second kappa shape index (κ2) is 14.6. The summed E-state index contributed by atoms with van der Waals surface area (Å²) >= 11 is -2.13. The van der Waals surface area contributed by atoms with Crippen molar-refractivity contribution in [2.24, 2.45) is 9.98 Å². The molecular formula is C30H28Cl3N3Zr-. The SMILES string of the molecule is Cc1cccc(C)c1N=Cc1ccccc1[N-]c1ccccc1C=Nc1c(C)cccc1C.[Cl][Zr]([Cl])[Cl]. The number of hydrogen-bond acceptors (Lipinski definition) is 2. The fraction of sp³-hybridized carbons (Fsp3) is 0.133. The summed E-state index contributed by atoms with van der Waals surface area (Å²) in [6, 6.07) is 28.6. The molecule has 0 bridgehead atoms. The summed E-state index contributed by atoms with van der Waals surface area (Å²) in [5, 5.41) is 4.97. The molecule has 0 spiro atoms. The van der Waals surface area contributed by atoms with Gasteiger partial charge in [-0.15, -0.1) is 11.4 Å². The van der Waals surface area contributed by atoms with Gasteiger partial charge in [0.25, 0.3) is 0 Å². The third-order valence-corrected chi connectivity index (χ3v) is 5.66. The first-order valence-electron chi connectivity index (χ1n) is 11.7. The molecule has 4 rings (SSSR count). The van der Waals surface area contributed by atoms with E-state index in [0.29, 0.717) is 0 Å². The van der Waals surface area contributed by atoms with Crippen LogP contribution in [0.15, 0.2) is 94.9 Å². The van der Waals surface area contributed by atoms with Gasteiger partial charge >= 0.3 is 43.7 Å². The maximum absolute atomic E-state index is 5.00. The summed E-state index contributed by atoms with van der Waals surface area (Å²) in [4.78, 5) is 9.57. The van der Waals surface area contributed by atoms with Crippen molar-refractivity contribution in [2.45, 2.75) is 27.7 Å². The first-order chi connectivity index (χ1) is 17.8. The Labute approximate surface area is 238 Å². The van der Waals surface area contributed by atoms with E-state index in [-0.39, 0.29) is 0 Å². The van der Waals surface area contributed by atoms with Gasteiger partial charge in [-0.3, -0.25) is 9.98 Å². The van der Waals surface area contributed by atoms with Crippen molar-refractivity contribution in [2.75, 3.05) is 0 Å². The number of halogens is 3. The number of nitrogens with zero attached hydrogens (tertiary/aromatic N) is 3. The Morgan fingerprint density at radius 2 is 0.865 bits per heavy atom. The molecule has 0 fully saturated rings. The van der Waals surface area contributed by atoms with Crippen LogP contribution < -0.4 is 0 Å². The molecule has 0 aromatic heterocycles. The molecule has 0 aliphatic heterocycles. The van der Waals surface area contributed by atoms with Crippen molar-refractivity contribution in [3.8, 4) is 0 Å². The van der Waals surface area contributed by atoms with Crippen molar-refractivity contribution in [3.63, 3.8) is 0 Å². The molecule has 0 N–H and O–H groups in total. The fourth-order valence-corrected chi connectivity index (χ4v) is 3.81. The number of hydrogen-bond donors (Lipinski definition) is 0. The minimum absolute atomic E-state index is 0.875. The van der Waals surface area contributed by atoms with Gasteiger partial charge in [-0.05, 0) is 61.1 Å². The van der Waals surface area contributed by atoms with E-state index in [0.717, 1.165) is 56.1 Å². The number of rotatable bonds is 6. The molecule has 0 heterocycles. The zero-order valence-corrected chi connectivity index (χ0v) is 25.9. The van der Waals surface area contributed by atoms with Gasteiger partial charge in [-0.2, -0.15) is 0 Å². The van der Waals surface area contributed by atoms with Gasteiger partial charge in [-0.25, -0.2) is 0 Å². The van der Waals surface area contributed by atoms with Crippen molar-refractivity contribution in [3.05, 3.63) is 124 Å². The van der Waals surface area contributed by atoms with E-state index in [9.17, 15) is 0 Å². The molecule has 0 saturated carbocycles. The topological polar surface area (TPSA) is 38.8 Å². The van der Waals surface area contributed by atoms with E-state index in [4.69, 9.17) is 40.8 Å². The van der Waals surface area contributed by atoms with Gasteiger partial charge in [-0.1, -0.05) is 84.9 Å². The van der Waals surface area contributed by atoms with E-state index >= 15 is 0 Å². The second-order valence-electron chi connectivity index (χ2n) is 8.44. The first-order valence-corrected chi connectivity index (χ1v) is 21.2. The van der Waals surface area contributed by atoms with Gasteiger partial charge < -0.3 is 5.32 Å². The quantitative estimate of drug-likeness (QED) is 0.191. The molecule has 4 aromatic carbocycles. The van der Waals surface area contributed by atoms with Gasteiger partial charge in [0.1, 0.15) is 0 Å². The molecule has 0 saturated heterocycles. The van der Waals surface area contributed by atoms with Crippen LogP contribution in [0.1, 0.15) is 33.4 Å². The van der Waals surface area contributed by atoms with Gasteiger partial charge in [0, 0.05) is 12.4 Å². The van der Waals surface area contributed by atoms with E-state index in [1.54, 1.807) is 0 Å². The molecule has 0 radical (unpaired) electrons. The third kappa shape index (κ3) is 8.93. The molecule has 3 nitrogen and oxygen atoms in total. The van der Waals surface area contributed by atoms with Crippen LogP contribution in [0.2, 0.25) is 0 Å². The van der Waals surface area contributed by atoms with E-state index in [2.05, 4.69) is 64.1 Å². The van der Waals surface area contributed by atoms with Crippen LogP contribution in [0.4, 0.5) is 22.7 Å². The summed E-state index contributed by atoms with van der Waals surface area (Å²) in [6.07, 6.45) is 3.81. The summed E-state index contributed by atoms with van der Waals surface area (Å²) in [5.74, 6) is 0. The van der Waals surface area contributed by atoms with Crippen molar-refractivity contribution >= 4 is 60.7 Å². The summed E-state index contributed by atoms with van der Waals surface area (Å²) < 4.78 is 0. The Kier molecular flexibility index (Phi) is 11.6. The number of aryl methyl sites for hydroxylation is 4. The van der Waals surface area contributed by atoms with Crippen LogP contribution in [0.25, 0.3) is 5.32 Å². The summed E-state index contributed by atoms with van der Waals surface area (Å²) in [5.41, 5.74) is 10.4. The Bertz CT molecular complexity index is 1250. The van der Waals surface area contributed by atoms with E-state index < -0.39 is 18.2 Å². The average Bonchev–Trinajstić information content (AvgIpc) is 2.85. The van der Waals surface area contributed by atoms with E-state index in [1.807, 2.05) is 61.0 Å². The van der Waals surface area contributed by atoms with Crippen molar-refractivity contribution in [1.82, 2.24) is 0 Å². The molecule has 4 aromatic rings. The van der Waals surface area contributed by atoms with Gasteiger partial charge in [0.15, 0.2) is 0 Å². The van der Waals surface area contributed by atoms with Crippen LogP contribution in [0, 0.1) is 27.7 Å². The number of para-hydroxylation sites is 4. The van der Waals surface area contributed by atoms with Crippen LogP contribution >= 0.6 is 25.5 Å². The fourth-order valence-electron chi connectivity index (χ4n) is 3.81. The Hall–Kier alpha value is -2.23. The maximum atomic E-state index is 5.00. The molecule has 0 aliphatic carbocycles. The zero-order valence-electron chi connectivity index (χ0n) is 21.2. The second-order valence-corrected chi connectivity index (χ2v) is 19.6. The predicted octanol–water partition coefficient (Wildman–Crippen LogP) is 10.8. The normalized spacial score (nSPS) is 10.9. The monoisotopic (exact) mass is 625 g/mol. The molecule has 7 heteroatoms. The van der Waals surface area contributed by atoms with Crippen LogP contribution in [-0.2, 0) is 18.2 Å². The van der Waals surface area contributed by atoms with Crippen LogP contribution in [-0.4, -0.2) is 12.4 Å². The number of benzene rings is 4. The average molecular weight is 628 g/mol. The Balaban J connectivity index is 0.000000886. The van der Waals surface area contributed by atoms with Crippen molar-refractivity contribution in [1.29, 1.82) is 0 Å². The molecule has 0 unspecified atom stereocenters. The van der Waals surface area contributed by atoms with Crippen LogP contribution in [0.5, 0.6) is 0 Å². The number of aliphatic imine (C=N–C) groups is 2. The minimum atomic E-state index is -2.13. The first kappa shape index (κ1) is 29.3. The molecule has 0 aliphatic rings. The van der Waals surface area contributed by atoms with Gasteiger partial charge in [0.2, 0.25) is 0 Å². The molecule has 189 valence electrons. The predicted molar refractivity (Wildman–Crippen MR) is 159 cm³/mol. The van der Waals surface area contributed by atoms with Crippen molar-refractivity contribution < 1.29 is 18.2 Å². The molecule has 0 atom stereocenters. The molecular weight excluding hydrogens is 600 g/mol. The molecule has 37 heavy (non-hydrogen) atoms. The molecule has 0 amide bonds. The Morgan fingerprint density at radius 3 is 1.22 bits per heavy atom. The zero-order chi connectivity index (χ0) is 26.8. The summed E-state index contributed by atoms with van der Waals surface area (Å²) in [7, 11) is 15.0. The van der Waals surface area contributed by atoms with Crippen LogP contribution in [0.3, 0.4) is 0 Å². The van der Waals surface area contributed by atoms with Gasteiger partial charge in [0.05, 0.1) is 11.4 Å². The standard InChI is InChI=1S/C30H28N3.3ClH.Zr/c1-21-11-9-12-22(2)29(21)31-19-25-15-5-7-17-27(25)33-28-18-8-6-16-26(28)20-32-30-23(3)13-10-14-24(30)4;;;;/h5-20H,1-4H3;3*1H;/q-1;;;;+3/p-3. The van der Waals surface area contributed by atoms with E-state index in [1.165, 1.54) is 0 Å². The Morgan fingerprint density at radius 1 is 0.541 bits per heavy atom. The summed E-state index contributed by atoms with van der Waals surface area (Å²) in [6.45, 7) is 8.34.